The van der Waals surface area contributed by atoms with Crippen molar-refractivity contribution < 1.29 is 18.3 Å². The molecule has 8 heteroatoms. The van der Waals surface area contributed by atoms with Gasteiger partial charge >= 0.3 is 5.97 Å². The Morgan fingerprint density at radius 2 is 1.68 bits per heavy atom. The van der Waals surface area contributed by atoms with Crippen LogP contribution in [0.1, 0.15) is 31.0 Å². The number of aliphatic carboxylic acids is 1. The lowest BCUT2D eigenvalue weighted by Gasteiger charge is -2.36. The van der Waals surface area contributed by atoms with Gasteiger partial charge in [-0.05, 0) is 49.2 Å². The molecule has 0 amide bonds. The number of aromatic nitrogens is 1. The van der Waals surface area contributed by atoms with Crippen molar-refractivity contribution in [2.75, 3.05) is 13.3 Å². The summed E-state index contributed by atoms with van der Waals surface area (Å²) in [5.74, 6) is -1.02. The molecule has 1 unspecified atom stereocenters. The zero-order valence-electron chi connectivity index (χ0n) is 16.2. The summed E-state index contributed by atoms with van der Waals surface area (Å²) in [6.45, 7) is 3.98. The van der Waals surface area contributed by atoms with Gasteiger partial charge in [-0.25, -0.2) is 18.2 Å². The van der Waals surface area contributed by atoms with Gasteiger partial charge in [0.1, 0.15) is 5.70 Å². The third kappa shape index (κ3) is 3.53. The molecule has 0 bridgehead atoms. The van der Waals surface area contributed by atoms with E-state index in [1.165, 1.54) is 0 Å². The Kier molecular flexibility index (Phi) is 5.27. The lowest BCUT2D eigenvalue weighted by molar-refractivity contribution is -0.136. The van der Waals surface area contributed by atoms with E-state index in [0.29, 0.717) is 5.57 Å². The maximum atomic E-state index is 12.1. The lowest BCUT2D eigenvalue weighted by atomic mass is 9.92. The molecule has 1 aromatic carbocycles. The smallest absolute Gasteiger partial charge is 0.353 e. The molecule has 0 saturated carbocycles. The summed E-state index contributed by atoms with van der Waals surface area (Å²) >= 11 is 0. The predicted octanol–water partition coefficient (Wildman–Crippen LogP) is 2.59. The van der Waals surface area contributed by atoms with Crippen molar-refractivity contribution >= 4 is 21.4 Å². The van der Waals surface area contributed by atoms with Crippen molar-refractivity contribution in [2.24, 2.45) is 0 Å². The van der Waals surface area contributed by atoms with E-state index in [1.54, 1.807) is 60.8 Å². The highest BCUT2D eigenvalue weighted by molar-refractivity contribution is 7.90. The number of carboxylic acids is 1. The largest absolute Gasteiger partial charge is 0.477 e. The Bertz CT molecular complexity index is 1020. The normalized spacial score (nSPS) is 18.2. The molecule has 1 aliphatic rings. The number of hydrogen-bond donors (Lipinski definition) is 1. The SMILES string of the molecule is CC(C)N1C(c2ccc(S(C)(=O)=O)cc2)C(c2ccncc2)=C(C(=O)O)N1C. The highest BCUT2D eigenvalue weighted by Crippen LogP contribution is 2.45. The maximum Gasteiger partial charge on any atom is 0.353 e. The first-order chi connectivity index (χ1) is 13.1. The molecule has 148 valence electrons. The van der Waals surface area contributed by atoms with Crippen LogP contribution in [-0.4, -0.2) is 53.8 Å². The van der Waals surface area contributed by atoms with Crippen LogP contribution < -0.4 is 0 Å². The van der Waals surface area contributed by atoms with Crippen LogP contribution >= 0.6 is 0 Å². The number of hydrazine groups is 1. The van der Waals surface area contributed by atoms with Crippen molar-refractivity contribution in [3.8, 4) is 0 Å². The van der Waals surface area contributed by atoms with Crippen molar-refractivity contribution in [1.82, 2.24) is 15.0 Å². The summed E-state index contributed by atoms with van der Waals surface area (Å²) in [4.78, 5) is 16.4. The zero-order chi connectivity index (χ0) is 20.6. The first-order valence-electron chi connectivity index (χ1n) is 8.82. The van der Waals surface area contributed by atoms with Crippen molar-refractivity contribution in [2.45, 2.75) is 30.8 Å². The summed E-state index contributed by atoms with van der Waals surface area (Å²) in [5, 5.41) is 13.6. The van der Waals surface area contributed by atoms with Gasteiger partial charge in [0.2, 0.25) is 0 Å². The number of hydrogen-bond acceptors (Lipinski definition) is 6. The molecule has 2 aromatic rings. The molecule has 2 heterocycles. The third-order valence-corrected chi connectivity index (χ3v) is 5.94. The van der Waals surface area contributed by atoms with E-state index in [9.17, 15) is 18.3 Å². The number of sulfone groups is 1. The Balaban J connectivity index is 2.23. The Hall–Kier alpha value is -2.71. The minimum Gasteiger partial charge on any atom is -0.477 e. The van der Waals surface area contributed by atoms with Gasteiger partial charge in [0.25, 0.3) is 0 Å². The van der Waals surface area contributed by atoms with E-state index in [2.05, 4.69) is 4.98 Å². The molecule has 1 N–H and O–H groups in total. The number of benzene rings is 1. The van der Waals surface area contributed by atoms with Crippen molar-refractivity contribution in [1.29, 1.82) is 0 Å². The molecular weight excluding hydrogens is 378 g/mol. The van der Waals surface area contributed by atoms with Crippen LogP contribution in [0.5, 0.6) is 0 Å². The molecule has 0 saturated heterocycles. The lowest BCUT2D eigenvalue weighted by Crippen LogP contribution is -2.42. The molecule has 28 heavy (non-hydrogen) atoms. The first-order valence-corrected chi connectivity index (χ1v) is 10.7. The second kappa shape index (κ2) is 7.37. The molecular formula is C20H23N3O4S. The predicted molar refractivity (Wildman–Crippen MR) is 106 cm³/mol. The standard InChI is InChI=1S/C20H23N3O4S/c1-13(2)23-18(15-5-7-16(8-6-15)28(4,26)27)17(14-9-11-21-12-10-14)19(20(24)25)22(23)3/h5-13,18H,1-4H3,(H,24,25). The van der Waals surface area contributed by atoms with Gasteiger partial charge in [0.05, 0.1) is 10.9 Å². The van der Waals surface area contributed by atoms with Crippen molar-refractivity contribution in [3.63, 3.8) is 0 Å². The second-order valence-corrected chi connectivity index (χ2v) is 9.06. The van der Waals surface area contributed by atoms with Crippen LogP contribution in [0.3, 0.4) is 0 Å². The monoisotopic (exact) mass is 401 g/mol. The molecule has 0 radical (unpaired) electrons. The fourth-order valence-corrected chi connectivity index (χ4v) is 4.30. The average molecular weight is 401 g/mol. The third-order valence-electron chi connectivity index (χ3n) is 4.81. The Morgan fingerprint density at radius 3 is 2.14 bits per heavy atom. The first kappa shape index (κ1) is 20.0. The Morgan fingerprint density at radius 1 is 1.11 bits per heavy atom. The summed E-state index contributed by atoms with van der Waals surface area (Å²) in [6, 6.07) is 9.83. The minimum absolute atomic E-state index is 0.0123. The quantitative estimate of drug-likeness (QED) is 0.823. The van der Waals surface area contributed by atoms with Gasteiger partial charge in [-0.3, -0.25) is 4.98 Å². The van der Waals surface area contributed by atoms with Crippen LogP contribution in [-0.2, 0) is 14.6 Å². The number of nitrogens with zero attached hydrogens (tertiary/aromatic N) is 3. The van der Waals surface area contributed by atoms with E-state index in [4.69, 9.17) is 0 Å². The number of likely N-dealkylation sites (N-methyl/N-ethyl adjacent to an activating group) is 1. The van der Waals surface area contributed by atoms with Gasteiger partial charge in [0.15, 0.2) is 9.84 Å². The fourth-order valence-electron chi connectivity index (χ4n) is 3.67. The molecule has 1 aromatic heterocycles. The topological polar surface area (TPSA) is 90.8 Å². The highest BCUT2D eigenvalue weighted by atomic mass is 32.2. The second-order valence-electron chi connectivity index (χ2n) is 7.04. The average Bonchev–Trinajstić information content (AvgIpc) is 2.95. The van der Waals surface area contributed by atoms with E-state index in [0.717, 1.165) is 17.4 Å². The van der Waals surface area contributed by atoms with Gasteiger partial charge in [-0.15, -0.1) is 0 Å². The molecule has 0 spiro atoms. The van der Waals surface area contributed by atoms with Gasteiger partial charge < -0.3 is 10.1 Å². The number of carboxylic acid groups (broad SMARTS) is 1. The zero-order valence-corrected chi connectivity index (χ0v) is 17.0. The summed E-state index contributed by atoms with van der Waals surface area (Å²) in [7, 11) is -1.58. The van der Waals surface area contributed by atoms with Crippen LogP contribution in [0, 0.1) is 0 Å². The number of rotatable bonds is 5. The minimum atomic E-state index is -3.31. The van der Waals surface area contributed by atoms with Crippen LogP contribution in [0.2, 0.25) is 0 Å². The number of carbonyl (C=O) groups is 1. The van der Waals surface area contributed by atoms with Gasteiger partial charge in [-0.1, -0.05) is 12.1 Å². The molecule has 0 fully saturated rings. The summed E-state index contributed by atoms with van der Waals surface area (Å²) in [5.41, 5.74) is 2.42. The molecule has 1 atom stereocenters. The Labute approximate surface area is 164 Å². The van der Waals surface area contributed by atoms with Crippen LogP contribution in [0.15, 0.2) is 59.4 Å². The molecule has 0 aliphatic carbocycles. The van der Waals surface area contributed by atoms with E-state index >= 15 is 0 Å². The van der Waals surface area contributed by atoms with Crippen LogP contribution in [0.4, 0.5) is 0 Å². The van der Waals surface area contributed by atoms with Crippen LogP contribution in [0.25, 0.3) is 5.57 Å². The highest BCUT2D eigenvalue weighted by Gasteiger charge is 2.42. The van der Waals surface area contributed by atoms with E-state index < -0.39 is 15.8 Å². The van der Waals surface area contributed by atoms with Gasteiger partial charge in [-0.2, -0.15) is 0 Å². The molecule has 3 rings (SSSR count). The molecule has 1 aliphatic heterocycles. The summed E-state index contributed by atoms with van der Waals surface area (Å²) < 4.78 is 23.6. The van der Waals surface area contributed by atoms with Gasteiger partial charge in [0, 0.05) is 37.3 Å². The van der Waals surface area contributed by atoms with E-state index in [-0.39, 0.29) is 22.7 Å². The van der Waals surface area contributed by atoms with Crippen molar-refractivity contribution in [3.05, 3.63) is 65.6 Å². The summed E-state index contributed by atoms with van der Waals surface area (Å²) in [6.07, 6.45) is 4.42. The number of pyridine rings is 1. The molecule has 7 nitrogen and oxygen atoms in total. The fraction of sp³-hybridized carbons (Fsp3) is 0.300. The van der Waals surface area contributed by atoms with E-state index in [1.807, 2.05) is 18.9 Å². The maximum absolute atomic E-state index is 12.1.